The van der Waals surface area contributed by atoms with Crippen molar-refractivity contribution in [3.05, 3.63) is 215 Å². The van der Waals surface area contributed by atoms with E-state index < -0.39 is 5.41 Å². The van der Waals surface area contributed by atoms with Crippen molar-refractivity contribution >= 4 is 10.8 Å². The lowest BCUT2D eigenvalue weighted by Crippen LogP contribution is -2.29. The third-order valence-corrected chi connectivity index (χ3v) is 11.8. The number of benzene rings is 8. The molecule has 1 heterocycles. The van der Waals surface area contributed by atoms with Gasteiger partial charge in [-0.3, -0.25) is 0 Å². The van der Waals surface area contributed by atoms with E-state index >= 15 is 0 Å². The van der Waals surface area contributed by atoms with Crippen LogP contribution >= 0.6 is 0 Å². The van der Waals surface area contributed by atoms with Crippen molar-refractivity contribution in [1.82, 2.24) is 0 Å². The molecular formula is C49H32O. The van der Waals surface area contributed by atoms with Crippen molar-refractivity contribution in [2.75, 3.05) is 0 Å². The van der Waals surface area contributed by atoms with Gasteiger partial charge in [0.1, 0.15) is 11.5 Å². The zero-order valence-electron chi connectivity index (χ0n) is 27.7. The molecule has 0 saturated heterocycles. The van der Waals surface area contributed by atoms with Crippen LogP contribution in [0.3, 0.4) is 0 Å². The number of fused-ring (bicyclic) bond motifs is 14. The van der Waals surface area contributed by atoms with Gasteiger partial charge in [0.25, 0.3) is 0 Å². The fourth-order valence-corrected chi connectivity index (χ4v) is 9.66. The maximum absolute atomic E-state index is 6.95. The molecule has 1 nitrogen and oxygen atoms in total. The number of hydrogen-bond acceptors (Lipinski definition) is 1. The maximum Gasteiger partial charge on any atom is 0.139 e. The molecule has 0 aromatic heterocycles. The first-order chi connectivity index (χ1) is 24.7. The van der Waals surface area contributed by atoms with Gasteiger partial charge in [0.15, 0.2) is 0 Å². The van der Waals surface area contributed by atoms with Gasteiger partial charge in [-0.1, -0.05) is 164 Å². The largest absolute Gasteiger partial charge is 0.456 e. The Morgan fingerprint density at radius 3 is 1.82 bits per heavy atom. The number of hydrogen-bond donors (Lipinski definition) is 0. The Labute approximate surface area is 292 Å². The van der Waals surface area contributed by atoms with Crippen LogP contribution in [0.15, 0.2) is 176 Å². The Kier molecular flexibility index (Phi) is 5.51. The van der Waals surface area contributed by atoms with Crippen LogP contribution in [0.4, 0.5) is 0 Å². The average molecular weight is 637 g/mol. The third-order valence-electron chi connectivity index (χ3n) is 11.8. The minimum atomic E-state index is -0.449. The number of para-hydroxylation sites is 2. The first-order valence-corrected chi connectivity index (χ1v) is 17.5. The highest BCUT2D eigenvalue weighted by Crippen LogP contribution is 2.65. The zero-order valence-corrected chi connectivity index (χ0v) is 27.7. The summed E-state index contributed by atoms with van der Waals surface area (Å²) in [4.78, 5) is 0. The quantitative estimate of drug-likeness (QED) is 0.183. The molecule has 234 valence electrons. The molecule has 0 saturated carbocycles. The molecule has 8 aromatic carbocycles. The molecular weight excluding hydrogens is 605 g/mol. The summed E-state index contributed by atoms with van der Waals surface area (Å²) in [5, 5.41) is 2.58. The van der Waals surface area contributed by atoms with Crippen LogP contribution in [0.2, 0.25) is 0 Å². The van der Waals surface area contributed by atoms with Crippen molar-refractivity contribution in [2.24, 2.45) is 0 Å². The molecule has 0 N–H and O–H groups in total. The van der Waals surface area contributed by atoms with E-state index in [0.29, 0.717) is 0 Å². The second-order valence-corrected chi connectivity index (χ2v) is 14.1. The molecule has 50 heavy (non-hydrogen) atoms. The van der Waals surface area contributed by atoms with E-state index in [-0.39, 0.29) is 5.41 Å². The Hall–Kier alpha value is -6.18. The molecule has 8 aromatic rings. The molecule has 0 amide bonds. The lowest BCUT2D eigenvalue weighted by Gasteiger charge is -2.39. The van der Waals surface area contributed by atoms with Gasteiger partial charge in [-0.25, -0.2) is 0 Å². The fourth-order valence-electron chi connectivity index (χ4n) is 9.66. The summed E-state index contributed by atoms with van der Waals surface area (Å²) < 4.78 is 6.95. The summed E-state index contributed by atoms with van der Waals surface area (Å²) in [5.41, 5.74) is 15.7. The smallest absolute Gasteiger partial charge is 0.139 e. The normalized spacial score (nSPS) is 16.9. The van der Waals surface area contributed by atoms with E-state index in [0.717, 1.165) is 22.6 Å². The van der Waals surface area contributed by atoms with Gasteiger partial charge in [-0.15, -0.1) is 0 Å². The number of rotatable bonds is 2. The van der Waals surface area contributed by atoms with Gasteiger partial charge >= 0.3 is 0 Å². The van der Waals surface area contributed by atoms with Crippen molar-refractivity contribution < 1.29 is 4.74 Å². The minimum Gasteiger partial charge on any atom is -0.456 e. The van der Waals surface area contributed by atoms with Gasteiger partial charge in [0.05, 0.1) is 5.41 Å². The molecule has 1 spiro atoms. The van der Waals surface area contributed by atoms with Crippen molar-refractivity contribution in [2.45, 2.75) is 17.8 Å². The van der Waals surface area contributed by atoms with Crippen LogP contribution < -0.4 is 4.74 Å². The highest BCUT2D eigenvalue weighted by atomic mass is 16.5. The van der Waals surface area contributed by atoms with Crippen LogP contribution in [0, 0.1) is 0 Å². The molecule has 1 atom stereocenters. The summed E-state index contributed by atoms with van der Waals surface area (Å²) in [6.07, 6.45) is 0. The van der Waals surface area contributed by atoms with Crippen molar-refractivity contribution in [3.8, 4) is 44.9 Å². The first-order valence-electron chi connectivity index (χ1n) is 17.5. The Bertz CT molecular complexity index is 2660. The monoisotopic (exact) mass is 636 g/mol. The van der Waals surface area contributed by atoms with Crippen molar-refractivity contribution in [3.63, 3.8) is 0 Å². The first kappa shape index (κ1) is 27.7. The lowest BCUT2D eigenvalue weighted by atomic mass is 9.68. The molecule has 11 rings (SSSR count). The van der Waals surface area contributed by atoms with Crippen molar-refractivity contribution in [1.29, 1.82) is 0 Å². The van der Waals surface area contributed by atoms with Gasteiger partial charge < -0.3 is 4.74 Å². The van der Waals surface area contributed by atoms with Gasteiger partial charge in [-0.2, -0.15) is 0 Å². The van der Waals surface area contributed by atoms with E-state index in [1.807, 2.05) is 0 Å². The Balaban J connectivity index is 1.21. The van der Waals surface area contributed by atoms with E-state index in [4.69, 9.17) is 4.74 Å². The van der Waals surface area contributed by atoms with Gasteiger partial charge in [-0.05, 0) is 85.5 Å². The highest BCUT2D eigenvalue weighted by Gasteiger charge is 2.52. The minimum absolute atomic E-state index is 0.377. The Morgan fingerprint density at radius 1 is 0.420 bits per heavy atom. The van der Waals surface area contributed by atoms with Crippen LogP contribution in [0.5, 0.6) is 11.5 Å². The van der Waals surface area contributed by atoms with E-state index in [2.05, 4.69) is 183 Å². The predicted molar refractivity (Wildman–Crippen MR) is 204 cm³/mol. The zero-order chi connectivity index (χ0) is 33.0. The molecule has 3 aliphatic rings. The maximum atomic E-state index is 6.95. The molecule has 1 unspecified atom stereocenters. The molecule has 0 fully saturated rings. The molecule has 1 aliphatic heterocycles. The average Bonchev–Trinajstić information content (AvgIpc) is 3.65. The summed E-state index contributed by atoms with van der Waals surface area (Å²) in [6, 6.07) is 64.9. The van der Waals surface area contributed by atoms with Gasteiger partial charge in [0, 0.05) is 22.1 Å². The topological polar surface area (TPSA) is 9.23 Å². The number of ether oxygens (including phenoxy) is 1. The second-order valence-electron chi connectivity index (χ2n) is 14.1. The lowest BCUT2D eigenvalue weighted by molar-refractivity contribution is 0.429. The summed E-state index contributed by atoms with van der Waals surface area (Å²) in [6.45, 7) is 2.35. The van der Waals surface area contributed by atoms with E-state index in [1.54, 1.807) is 0 Å². The molecule has 2 aliphatic carbocycles. The standard InChI is InChI=1S/C49H32O/c1-48(33-15-3-2-4-16-33)42-23-11-12-25-45(42)50-47-35(20-13-24-43(47)48)32-27-28-38-39-29-26-31-14-5-6-17-34(31)46(39)49(44(38)30-32)40-21-9-7-18-36(40)37-19-8-10-22-41(37)49/h2-30H,1H3. The Morgan fingerprint density at radius 2 is 1.02 bits per heavy atom. The molecule has 0 radical (unpaired) electrons. The highest BCUT2D eigenvalue weighted by molar-refractivity contribution is 6.04. The van der Waals surface area contributed by atoms with Crippen LogP contribution in [-0.2, 0) is 10.8 Å². The van der Waals surface area contributed by atoms with E-state index in [9.17, 15) is 0 Å². The van der Waals surface area contributed by atoms with Crippen LogP contribution in [-0.4, -0.2) is 0 Å². The molecule has 1 heteroatoms. The van der Waals surface area contributed by atoms with Crippen LogP contribution in [0.1, 0.15) is 45.9 Å². The SMILES string of the molecule is CC1(c2ccccc2)c2ccccc2Oc2c(-c3ccc4c(c3)C3(c5ccccc5-c5ccccc53)c3c-4ccc4ccccc34)cccc21. The third kappa shape index (κ3) is 3.37. The predicted octanol–water partition coefficient (Wildman–Crippen LogP) is 12.3. The summed E-state index contributed by atoms with van der Waals surface area (Å²) >= 11 is 0. The fraction of sp³-hybridized carbons (Fsp3) is 0.0612. The van der Waals surface area contributed by atoms with Crippen LogP contribution in [0.25, 0.3) is 44.2 Å². The van der Waals surface area contributed by atoms with Gasteiger partial charge in [0.2, 0.25) is 0 Å². The second kappa shape index (κ2) is 9.94. The van der Waals surface area contributed by atoms with E-state index in [1.165, 1.54) is 72.0 Å². The molecule has 0 bridgehead atoms. The summed E-state index contributed by atoms with van der Waals surface area (Å²) in [5.74, 6) is 1.84. The summed E-state index contributed by atoms with van der Waals surface area (Å²) in [7, 11) is 0.